The number of alkyl halides is 3. The van der Waals surface area contributed by atoms with E-state index in [0.29, 0.717) is 0 Å². The maximum Gasteiger partial charge on any atom is 0.433 e. The topological polar surface area (TPSA) is 28.7 Å². The fourth-order valence-electron chi connectivity index (χ4n) is 1.70. The molecule has 1 aromatic heterocycles. The Morgan fingerprint density at radius 1 is 1.18 bits per heavy atom. The number of nitrogens with zero attached hydrogens (tertiary/aromatic N) is 1. The van der Waals surface area contributed by atoms with Crippen molar-refractivity contribution in [2.75, 3.05) is 0 Å². The summed E-state index contributed by atoms with van der Waals surface area (Å²) in [7, 11) is 0. The van der Waals surface area contributed by atoms with Crippen molar-refractivity contribution in [2.24, 2.45) is 0 Å². The van der Waals surface area contributed by atoms with E-state index in [2.05, 4.69) is 5.10 Å². The van der Waals surface area contributed by atoms with E-state index >= 15 is 0 Å². The van der Waals surface area contributed by atoms with Crippen molar-refractivity contribution in [1.29, 1.82) is 0 Å². The second-order valence-electron chi connectivity index (χ2n) is 3.87. The first kappa shape index (κ1) is 11.7. The van der Waals surface area contributed by atoms with Gasteiger partial charge in [-0.3, -0.25) is 5.10 Å². The fourth-order valence-corrected chi connectivity index (χ4v) is 1.70. The molecular formula is C12H11F3N2. The van der Waals surface area contributed by atoms with Crippen LogP contribution in [0.2, 0.25) is 0 Å². The summed E-state index contributed by atoms with van der Waals surface area (Å²) < 4.78 is 37.8. The van der Waals surface area contributed by atoms with Gasteiger partial charge in [-0.05, 0) is 18.1 Å². The molecule has 2 nitrogen and oxygen atoms in total. The molecule has 0 aliphatic carbocycles. The average molecular weight is 240 g/mol. The Hall–Kier alpha value is -1.78. The summed E-state index contributed by atoms with van der Waals surface area (Å²) in [5, 5.41) is 5.48. The lowest BCUT2D eigenvalue weighted by Gasteiger charge is -2.08. The molecule has 0 amide bonds. The number of aryl methyl sites for hydroxylation is 1. The lowest BCUT2D eigenvalue weighted by atomic mass is 10.0. The van der Waals surface area contributed by atoms with Gasteiger partial charge in [0.15, 0.2) is 0 Å². The molecule has 0 fully saturated rings. The van der Waals surface area contributed by atoms with Gasteiger partial charge in [0.2, 0.25) is 0 Å². The van der Waals surface area contributed by atoms with Crippen molar-refractivity contribution >= 4 is 0 Å². The molecule has 1 heterocycles. The van der Waals surface area contributed by atoms with Gasteiger partial charge >= 0.3 is 6.18 Å². The first-order chi connectivity index (χ1) is 7.98. The number of aromatic nitrogens is 2. The highest BCUT2D eigenvalue weighted by Gasteiger charge is 2.35. The Morgan fingerprint density at radius 2 is 1.88 bits per heavy atom. The minimum Gasteiger partial charge on any atom is -0.273 e. The summed E-state index contributed by atoms with van der Waals surface area (Å²) in [6.45, 7) is 1.88. The molecule has 0 atom stereocenters. The van der Waals surface area contributed by atoms with Crippen LogP contribution in [0.25, 0.3) is 0 Å². The smallest absolute Gasteiger partial charge is 0.273 e. The minimum absolute atomic E-state index is 0.173. The third kappa shape index (κ3) is 2.49. The van der Waals surface area contributed by atoms with Gasteiger partial charge in [0.1, 0.15) is 5.69 Å². The quantitative estimate of drug-likeness (QED) is 0.857. The van der Waals surface area contributed by atoms with Gasteiger partial charge in [0, 0.05) is 12.0 Å². The Morgan fingerprint density at radius 3 is 2.53 bits per heavy atom. The van der Waals surface area contributed by atoms with Gasteiger partial charge in [0.05, 0.1) is 6.20 Å². The van der Waals surface area contributed by atoms with E-state index in [1.807, 2.05) is 36.3 Å². The number of hydrogen-bond acceptors (Lipinski definition) is 1. The van der Waals surface area contributed by atoms with Gasteiger partial charge in [-0.2, -0.15) is 18.3 Å². The third-order valence-corrected chi connectivity index (χ3v) is 2.64. The molecule has 1 N–H and O–H groups in total. The van der Waals surface area contributed by atoms with Crippen LogP contribution in [0, 0.1) is 6.92 Å². The maximum atomic E-state index is 12.6. The molecule has 0 aliphatic rings. The van der Waals surface area contributed by atoms with Crippen molar-refractivity contribution in [3.8, 4) is 0 Å². The van der Waals surface area contributed by atoms with Gasteiger partial charge in [-0.25, -0.2) is 0 Å². The highest BCUT2D eigenvalue weighted by atomic mass is 19.4. The zero-order chi connectivity index (χ0) is 12.5. The molecule has 0 unspecified atom stereocenters. The van der Waals surface area contributed by atoms with E-state index in [9.17, 15) is 13.2 Å². The normalized spacial score (nSPS) is 11.8. The van der Waals surface area contributed by atoms with Crippen molar-refractivity contribution in [2.45, 2.75) is 19.5 Å². The van der Waals surface area contributed by atoms with E-state index in [-0.39, 0.29) is 12.0 Å². The van der Waals surface area contributed by atoms with Crippen LogP contribution >= 0.6 is 0 Å². The van der Waals surface area contributed by atoms with Crippen molar-refractivity contribution in [3.05, 3.63) is 52.8 Å². The van der Waals surface area contributed by atoms with Crippen LogP contribution in [0.1, 0.15) is 22.4 Å². The van der Waals surface area contributed by atoms with Crippen molar-refractivity contribution in [1.82, 2.24) is 10.2 Å². The average Bonchev–Trinajstić information content (AvgIpc) is 2.69. The standard InChI is InChI=1S/C12H11F3N2/c1-8-4-2-3-5-9(8)6-10-7-16-17-11(10)12(13,14)15/h2-5,7H,6H2,1H3,(H,16,17). The molecule has 0 radical (unpaired) electrons. The number of hydrogen-bond donors (Lipinski definition) is 1. The van der Waals surface area contributed by atoms with Gasteiger partial charge in [0.25, 0.3) is 0 Å². The van der Waals surface area contributed by atoms with E-state index in [0.717, 1.165) is 11.1 Å². The van der Waals surface area contributed by atoms with Crippen LogP contribution in [0.3, 0.4) is 0 Å². The number of halogens is 3. The first-order valence-corrected chi connectivity index (χ1v) is 5.12. The minimum atomic E-state index is -4.38. The van der Waals surface area contributed by atoms with E-state index in [4.69, 9.17) is 0 Å². The molecule has 0 bridgehead atoms. The highest BCUT2D eigenvalue weighted by Crippen LogP contribution is 2.31. The van der Waals surface area contributed by atoms with E-state index < -0.39 is 11.9 Å². The molecule has 0 saturated carbocycles. The van der Waals surface area contributed by atoms with Crippen molar-refractivity contribution < 1.29 is 13.2 Å². The predicted molar refractivity (Wildman–Crippen MR) is 57.6 cm³/mol. The summed E-state index contributed by atoms with van der Waals surface area (Å²) in [6, 6.07) is 7.37. The van der Waals surface area contributed by atoms with E-state index in [1.54, 1.807) is 0 Å². The van der Waals surface area contributed by atoms with Gasteiger partial charge in [-0.15, -0.1) is 0 Å². The van der Waals surface area contributed by atoms with Crippen LogP contribution in [0.4, 0.5) is 13.2 Å². The molecule has 0 spiro atoms. The SMILES string of the molecule is Cc1ccccc1Cc1cn[nH]c1C(F)(F)F. The Balaban J connectivity index is 2.32. The molecule has 17 heavy (non-hydrogen) atoms. The van der Waals surface area contributed by atoms with Crippen LogP contribution in [-0.2, 0) is 12.6 Å². The molecule has 5 heteroatoms. The number of rotatable bonds is 2. The van der Waals surface area contributed by atoms with Gasteiger partial charge < -0.3 is 0 Å². The van der Waals surface area contributed by atoms with Crippen LogP contribution in [0.5, 0.6) is 0 Å². The Bertz CT molecular complexity index is 514. The second kappa shape index (κ2) is 4.24. The maximum absolute atomic E-state index is 12.6. The number of nitrogens with one attached hydrogen (secondary N) is 1. The van der Waals surface area contributed by atoms with Crippen LogP contribution in [-0.4, -0.2) is 10.2 Å². The lowest BCUT2D eigenvalue weighted by molar-refractivity contribution is -0.141. The number of H-pyrrole nitrogens is 1. The van der Waals surface area contributed by atoms with Crippen molar-refractivity contribution in [3.63, 3.8) is 0 Å². The molecule has 2 rings (SSSR count). The molecule has 0 saturated heterocycles. The first-order valence-electron chi connectivity index (χ1n) is 5.12. The third-order valence-electron chi connectivity index (χ3n) is 2.64. The predicted octanol–water partition coefficient (Wildman–Crippen LogP) is 3.33. The summed E-state index contributed by atoms with van der Waals surface area (Å²) in [5.74, 6) is 0. The largest absolute Gasteiger partial charge is 0.433 e. The van der Waals surface area contributed by atoms with Crippen LogP contribution < -0.4 is 0 Å². The molecule has 0 aliphatic heterocycles. The molecular weight excluding hydrogens is 229 g/mol. The molecule has 2 aromatic rings. The highest BCUT2D eigenvalue weighted by molar-refractivity contribution is 5.33. The lowest BCUT2D eigenvalue weighted by Crippen LogP contribution is -2.09. The zero-order valence-electron chi connectivity index (χ0n) is 9.17. The van der Waals surface area contributed by atoms with E-state index in [1.165, 1.54) is 6.20 Å². The summed E-state index contributed by atoms with van der Waals surface area (Å²) in [6.07, 6.45) is -2.91. The Kier molecular flexibility index (Phi) is 2.92. The molecule has 1 aromatic carbocycles. The Labute approximate surface area is 96.5 Å². The number of aromatic amines is 1. The monoisotopic (exact) mass is 240 g/mol. The summed E-state index contributed by atoms with van der Waals surface area (Å²) >= 11 is 0. The summed E-state index contributed by atoms with van der Waals surface area (Å²) in [4.78, 5) is 0. The zero-order valence-corrected chi connectivity index (χ0v) is 9.17. The second-order valence-corrected chi connectivity index (χ2v) is 3.87. The molecule has 90 valence electrons. The fraction of sp³-hybridized carbons (Fsp3) is 0.250. The number of benzene rings is 1. The van der Waals surface area contributed by atoms with Gasteiger partial charge in [-0.1, -0.05) is 24.3 Å². The van der Waals surface area contributed by atoms with Crippen LogP contribution in [0.15, 0.2) is 30.5 Å². The summed E-state index contributed by atoms with van der Waals surface area (Å²) in [5.41, 5.74) is 1.26.